The Labute approximate surface area is 99.0 Å². The molecule has 1 aliphatic rings. The van der Waals surface area contributed by atoms with E-state index in [2.05, 4.69) is 5.32 Å². The van der Waals surface area contributed by atoms with Gasteiger partial charge in [0, 0.05) is 6.54 Å². The summed E-state index contributed by atoms with van der Waals surface area (Å²) in [6.45, 7) is 2.12. The molecule has 0 saturated carbocycles. The first-order valence-electron chi connectivity index (χ1n) is 5.40. The summed E-state index contributed by atoms with van der Waals surface area (Å²) < 4.78 is 0. The lowest BCUT2D eigenvalue weighted by molar-refractivity contribution is -0.137. The molecule has 0 radical (unpaired) electrons. The van der Waals surface area contributed by atoms with Gasteiger partial charge in [0.1, 0.15) is 6.54 Å². The van der Waals surface area contributed by atoms with Crippen LogP contribution in [0.5, 0.6) is 0 Å². The summed E-state index contributed by atoms with van der Waals surface area (Å²) in [5, 5.41) is 11.5. The third-order valence-corrected chi connectivity index (χ3v) is 2.88. The molecule has 2 rings (SSSR count). The molecule has 5 nitrogen and oxygen atoms in total. The first kappa shape index (κ1) is 11.4. The highest BCUT2D eigenvalue weighted by atomic mass is 16.4. The highest BCUT2D eigenvalue weighted by Gasteiger charge is 2.31. The Hall–Kier alpha value is -2.04. The molecular weight excluding hydrogens is 220 g/mol. The quantitative estimate of drug-likeness (QED) is 0.824. The molecular formula is C12H14N2O3. The maximum absolute atomic E-state index is 11.6. The number of carbonyl (C=O) groups is 2. The van der Waals surface area contributed by atoms with Crippen molar-refractivity contribution in [3.63, 3.8) is 0 Å². The van der Waals surface area contributed by atoms with Gasteiger partial charge in [-0.3, -0.25) is 4.79 Å². The van der Waals surface area contributed by atoms with Gasteiger partial charge in [-0.05, 0) is 18.1 Å². The summed E-state index contributed by atoms with van der Waals surface area (Å²) in [5.41, 5.74) is 2.13. The molecule has 5 heteroatoms. The number of aryl methyl sites for hydroxylation is 1. The lowest BCUT2D eigenvalue weighted by Crippen LogP contribution is -2.32. The van der Waals surface area contributed by atoms with Gasteiger partial charge >= 0.3 is 12.0 Å². The molecule has 1 aliphatic heterocycles. The summed E-state index contributed by atoms with van der Waals surface area (Å²) in [7, 11) is 0. The Balaban J connectivity index is 2.14. The number of hydrogen-bond acceptors (Lipinski definition) is 2. The van der Waals surface area contributed by atoms with Crippen LogP contribution in [0.1, 0.15) is 17.2 Å². The fraction of sp³-hybridized carbons (Fsp3) is 0.333. The van der Waals surface area contributed by atoms with Gasteiger partial charge < -0.3 is 15.3 Å². The van der Waals surface area contributed by atoms with E-state index in [-0.39, 0.29) is 18.6 Å². The highest BCUT2D eigenvalue weighted by molar-refractivity contribution is 5.82. The van der Waals surface area contributed by atoms with Crippen LogP contribution in [0.15, 0.2) is 24.3 Å². The van der Waals surface area contributed by atoms with Crippen LogP contribution in [0.2, 0.25) is 0 Å². The lowest BCUT2D eigenvalue weighted by atomic mass is 10.0. The molecule has 1 saturated heterocycles. The van der Waals surface area contributed by atoms with Crippen molar-refractivity contribution in [3.8, 4) is 0 Å². The fourth-order valence-electron chi connectivity index (χ4n) is 2.04. The van der Waals surface area contributed by atoms with E-state index in [9.17, 15) is 9.59 Å². The van der Waals surface area contributed by atoms with E-state index in [4.69, 9.17) is 5.11 Å². The number of aliphatic carboxylic acids is 1. The largest absolute Gasteiger partial charge is 0.480 e. The van der Waals surface area contributed by atoms with Gasteiger partial charge in [0.05, 0.1) is 6.04 Å². The number of nitrogens with one attached hydrogen (secondary N) is 1. The van der Waals surface area contributed by atoms with E-state index < -0.39 is 5.97 Å². The maximum atomic E-state index is 11.6. The summed E-state index contributed by atoms with van der Waals surface area (Å²) in [6, 6.07) is 7.33. The van der Waals surface area contributed by atoms with E-state index in [0.29, 0.717) is 6.54 Å². The fourth-order valence-corrected chi connectivity index (χ4v) is 2.04. The molecule has 1 aromatic carbocycles. The highest BCUT2D eigenvalue weighted by Crippen LogP contribution is 2.22. The molecule has 1 fully saturated rings. The van der Waals surface area contributed by atoms with Crippen molar-refractivity contribution in [1.82, 2.24) is 10.2 Å². The smallest absolute Gasteiger partial charge is 0.323 e. The third kappa shape index (κ3) is 2.38. The van der Waals surface area contributed by atoms with Gasteiger partial charge in [-0.15, -0.1) is 0 Å². The standard InChI is InChI=1S/C12H14N2O3/c1-8-4-2-3-5-9(8)10-6-14(7-11(15)16)12(17)13-10/h2-5,10H,6-7H2,1H3,(H,13,17)(H,15,16). The van der Waals surface area contributed by atoms with E-state index in [0.717, 1.165) is 11.1 Å². The van der Waals surface area contributed by atoms with Crippen molar-refractivity contribution >= 4 is 12.0 Å². The van der Waals surface area contributed by atoms with Gasteiger partial charge in [-0.25, -0.2) is 4.79 Å². The van der Waals surface area contributed by atoms with Crippen molar-refractivity contribution in [2.24, 2.45) is 0 Å². The Bertz CT molecular complexity index is 459. The average Bonchev–Trinajstić information content (AvgIpc) is 2.60. The predicted molar refractivity (Wildman–Crippen MR) is 61.7 cm³/mol. The van der Waals surface area contributed by atoms with Gasteiger partial charge in [0.2, 0.25) is 0 Å². The zero-order valence-electron chi connectivity index (χ0n) is 9.51. The van der Waals surface area contributed by atoms with Gasteiger partial charge in [0.15, 0.2) is 0 Å². The molecule has 1 aromatic rings. The molecule has 17 heavy (non-hydrogen) atoms. The van der Waals surface area contributed by atoms with Crippen LogP contribution >= 0.6 is 0 Å². The van der Waals surface area contributed by atoms with Crippen LogP contribution in [-0.2, 0) is 4.79 Å². The summed E-state index contributed by atoms with van der Waals surface area (Å²) in [4.78, 5) is 23.5. The SMILES string of the molecule is Cc1ccccc1C1CN(CC(=O)O)C(=O)N1. The van der Waals surface area contributed by atoms with Crippen LogP contribution in [0.25, 0.3) is 0 Å². The van der Waals surface area contributed by atoms with E-state index in [1.54, 1.807) is 0 Å². The van der Waals surface area contributed by atoms with Crippen molar-refractivity contribution in [2.75, 3.05) is 13.1 Å². The molecule has 1 atom stereocenters. The molecule has 90 valence electrons. The molecule has 1 unspecified atom stereocenters. The lowest BCUT2D eigenvalue weighted by Gasteiger charge is -2.13. The number of benzene rings is 1. The maximum Gasteiger partial charge on any atom is 0.323 e. The van der Waals surface area contributed by atoms with Crippen LogP contribution in [0.3, 0.4) is 0 Å². The van der Waals surface area contributed by atoms with Gasteiger partial charge in [-0.1, -0.05) is 24.3 Å². The molecule has 0 aromatic heterocycles. The monoisotopic (exact) mass is 234 g/mol. The average molecular weight is 234 g/mol. The molecule has 1 heterocycles. The second kappa shape index (κ2) is 4.45. The van der Waals surface area contributed by atoms with Crippen molar-refractivity contribution in [1.29, 1.82) is 0 Å². The minimum Gasteiger partial charge on any atom is -0.480 e. The minimum atomic E-state index is -0.995. The van der Waals surface area contributed by atoms with Crippen molar-refractivity contribution in [3.05, 3.63) is 35.4 Å². The zero-order chi connectivity index (χ0) is 12.4. The van der Waals surface area contributed by atoms with Gasteiger partial charge in [0.25, 0.3) is 0 Å². The summed E-state index contributed by atoms with van der Waals surface area (Å²) in [6.07, 6.45) is 0. The van der Waals surface area contributed by atoms with Crippen molar-refractivity contribution < 1.29 is 14.7 Å². The molecule has 0 aliphatic carbocycles. The first-order chi connectivity index (χ1) is 8.08. The Morgan fingerprint density at radius 3 is 2.88 bits per heavy atom. The number of carbonyl (C=O) groups excluding carboxylic acids is 1. The van der Waals surface area contributed by atoms with Crippen LogP contribution in [0.4, 0.5) is 4.79 Å². The molecule has 0 spiro atoms. The number of urea groups is 1. The number of amides is 2. The molecule has 2 amide bonds. The summed E-state index contributed by atoms with van der Waals surface area (Å²) in [5.74, 6) is -0.995. The predicted octanol–water partition coefficient (Wildman–Crippen LogP) is 1.15. The summed E-state index contributed by atoms with van der Waals surface area (Å²) >= 11 is 0. The normalized spacial score (nSPS) is 19.2. The van der Waals surface area contributed by atoms with Crippen molar-refractivity contribution in [2.45, 2.75) is 13.0 Å². The second-order valence-corrected chi connectivity index (χ2v) is 4.13. The van der Waals surface area contributed by atoms with Crippen LogP contribution in [-0.4, -0.2) is 35.1 Å². The number of carboxylic acids is 1. The van der Waals surface area contributed by atoms with Crippen LogP contribution in [0, 0.1) is 6.92 Å². The first-order valence-corrected chi connectivity index (χ1v) is 5.40. The number of nitrogens with zero attached hydrogens (tertiary/aromatic N) is 1. The van der Waals surface area contributed by atoms with E-state index >= 15 is 0 Å². The number of hydrogen-bond donors (Lipinski definition) is 2. The Kier molecular flexibility index (Phi) is 2.99. The van der Waals surface area contributed by atoms with E-state index in [1.807, 2.05) is 31.2 Å². The van der Waals surface area contributed by atoms with Gasteiger partial charge in [-0.2, -0.15) is 0 Å². The third-order valence-electron chi connectivity index (χ3n) is 2.88. The Morgan fingerprint density at radius 1 is 1.53 bits per heavy atom. The topological polar surface area (TPSA) is 69.6 Å². The molecule has 2 N–H and O–H groups in total. The second-order valence-electron chi connectivity index (χ2n) is 4.13. The minimum absolute atomic E-state index is 0.122. The molecule has 0 bridgehead atoms. The van der Waals surface area contributed by atoms with E-state index in [1.165, 1.54) is 4.90 Å². The zero-order valence-corrected chi connectivity index (χ0v) is 9.51. The number of carboxylic acid groups (broad SMARTS) is 1. The van der Waals surface area contributed by atoms with Crippen LogP contribution < -0.4 is 5.32 Å². The number of rotatable bonds is 3. The Morgan fingerprint density at radius 2 is 2.24 bits per heavy atom.